The van der Waals surface area contributed by atoms with Gasteiger partial charge >= 0.3 is 0 Å². The molecule has 270 valence electrons. The maximum Gasteiger partial charge on any atom is 0.0462 e. The molecule has 0 atom stereocenters. The van der Waals surface area contributed by atoms with Crippen molar-refractivity contribution in [2.75, 3.05) is 4.90 Å². The molecule has 0 spiro atoms. The Morgan fingerprint density at radius 1 is 0.364 bits per heavy atom. The Morgan fingerprint density at radius 3 is 1.36 bits per heavy atom. The maximum absolute atomic E-state index is 2.64. The highest BCUT2D eigenvalue weighted by Gasteiger charge is 2.46. The second-order valence-electron chi connectivity index (χ2n) is 15.4. The monoisotopic (exact) mass is 711 g/mol. The molecular formula is C54H49N. The molecule has 0 N–H and O–H groups in total. The lowest BCUT2D eigenvalue weighted by atomic mass is 9.70. The van der Waals surface area contributed by atoms with Crippen molar-refractivity contribution in [3.05, 3.63) is 197 Å². The minimum atomic E-state index is 0.00908. The van der Waals surface area contributed by atoms with Crippen LogP contribution in [0.4, 0.5) is 17.1 Å². The smallest absolute Gasteiger partial charge is 0.0462 e. The Balaban J connectivity index is 0.994. The Kier molecular flexibility index (Phi) is 8.90. The first-order chi connectivity index (χ1) is 27.0. The summed E-state index contributed by atoms with van der Waals surface area (Å²) in [5.41, 5.74) is 20.2. The number of hydrogen-bond acceptors (Lipinski definition) is 1. The summed E-state index contributed by atoms with van der Waals surface area (Å²) in [7, 11) is 0. The van der Waals surface area contributed by atoms with Crippen LogP contribution in [0.2, 0.25) is 0 Å². The fourth-order valence-electron chi connectivity index (χ4n) is 9.96. The first-order valence-corrected chi connectivity index (χ1v) is 20.3. The molecular weight excluding hydrogens is 663 g/mol. The lowest BCUT2D eigenvalue weighted by molar-refractivity contribution is 0.476. The van der Waals surface area contributed by atoms with Gasteiger partial charge in [0.2, 0.25) is 0 Å². The van der Waals surface area contributed by atoms with E-state index in [2.05, 4.69) is 209 Å². The summed E-state index contributed by atoms with van der Waals surface area (Å²) in [6.45, 7) is 9.53. The quantitative estimate of drug-likeness (QED) is 0.128. The number of para-hydroxylation sites is 2. The molecule has 1 nitrogen and oxygen atoms in total. The van der Waals surface area contributed by atoms with E-state index in [-0.39, 0.29) is 10.8 Å². The van der Waals surface area contributed by atoms with E-state index in [9.17, 15) is 0 Å². The molecule has 0 unspecified atom stereocenters. The van der Waals surface area contributed by atoms with Crippen LogP contribution in [0.5, 0.6) is 0 Å². The van der Waals surface area contributed by atoms with Gasteiger partial charge in [0.25, 0.3) is 0 Å². The average molecular weight is 712 g/mol. The van der Waals surface area contributed by atoms with E-state index in [1.165, 1.54) is 66.8 Å². The first kappa shape index (κ1) is 34.8. The molecule has 0 saturated heterocycles. The molecule has 1 heteroatoms. The summed E-state index contributed by atoms with van der Waals surface area (Å²) < 4.78 is 0. The topological polar surface area (TPSA) is 3.24 Å². The summed E-state index contributed by atoms with van der Waals surface area (Å²) >= 11 is 0. The van der Waals surface area contributed by atoms with Gasteiger partial charge in [-0.05, 0) is 141 Å². The van der Waals surface area contributed by atoms with Gasteiger partial charge in [-0.3, -0.25) is 0 Å². The molecule has 7 aromatic rings. The second kappa shape index (κ2) is 14.1. The van der Waals surface area contributed by atoms with Crippen molar-refractivity contribution in [1.82, 2.24) is 0 Å². The second-order valence-corrected chi connectivity index (χ2v) is 15.4. The minimum absolute atomic E-state index is 0.00908. The van der Waals surface area contributed by atoms with Crippen molar-refractivity contribution in [1.29, 1.82) is 0 Å². The van der Waals surface area contributed by atoms with Crippen LogP contribution < -0.4 is 4.90 Å². The molecule has 0 aliphatic heterocycles. The Bertz CT molecular complexity index is 2460. The van der Waals surface area contributed by atoms with Crippen LogP contribution in [0.25, 0.3) is 45.5 Å². The fourth-order valence-corrected chi connectivity index (χ4v) is 9.96. The Morgan fingerprint density at radius 2 is 0.800 bits per heavy atom. The predicted molar refractivity (Wildman–Crippen MR) is 236 cm³/mol. The van der Waals surface area contributed by atoms with Gasteiger partial charge in [-0.15, -0.1) is 0 Å². The van der Waals surface area contributed by atoms with Crippen molar-refractivity contribution in [2.45, 2.75) is 64.2 Å². The van der Waals surface area contributed by atoms with Gasteiger partial charge in [-0.1, -0.05) is 155 Å². The van der Waals surface area contributed by atoms with E-state index >= 15 is 0 Å². The number of nitrogens with zero attached hydrogens (tertiary/aromatic N) is 1. The summed E-state index contributed by atoms with van der Waals surface area (Å²) in [5, 5.41) is 0. The zero-order valence-corrected chi connectivity index (χ0v) is 32.5. The van der Waals surface area contributed by atoms with Gasteiger partial charge in [0.05, 0.1) is 0 Å². The minimum Gasteiger partial charge on any atom is -0.311 e. The van der Waals surface area contributed by atoms with E-state index in [1.807, 2.05) is 0 Å². The highest BCUT2D eigenvalue weighted by molar-refractivity contribution is 5.91. The molecule has 0 aromatic heterocycles. The third kappa shape index (κ3) is 5.60. The highest BCUT2D eigenvalue weighted by atomic mass is 15.1. The Hall–Kier alpha value is -5.92. The van der Waals surface area contributed by atoms with Gasteiger partial charge in [0.1, 0.15) is 0 Å². The molecule has 9 rings (SSSR count). The standard InChI is InChI=1S/C54H49N/c1-5-53(6-2)49-22-16-15-21-45(49)47-36-48-46-34-31-41(35-50(46)54(7-3,8-4)52(48)37-51(47)53)40-29-25-38(26-30-40)23-24-39-27-32-44(33-28-39)55(42-17-11-9-12-18-42)43-19-13-10-14-20-43/h9-37H,5-8H2,1-4H3. The third-order valence-corrected chi connectivity index (χ3v) is 13.1. The number of hydrogen-bond donors (Lipinski definition) is 0. The number of rotatable bonds is 10. The van der Waals surface area contributed by atoms with Crippen LogP contribution in [0.1, 0.15) is 86.8 Å². The SMILES string of the molecule is CCC1(CC)c2ccccc2-c2cc3c(cc21)C(CC)(CC)c1cc(-c2ccc(C=Cc4ccc(N(c5ccccc5)c5ccccc5)cc4)cc2)ccc1-3. The van der Waals surface area contributed by atoms with Crippen LogP contribution in [-0.2, 0) is 10.8 Å². The third-order valence-electron chi connectivity index (χ3n) is 13.1. The van der Waals surface area contributed by atoms with Gasteiger partial charge in [-0.25, -0.2) is 0 Å². The van der Waals surface area contributed by atoms with Crippen molar-refractivity contribution >= 4 is 29.2 Å². The summed E-state index contributed by atoms with van der Waals surface area (Å²) in [6.07, 6.45) is 8.84. The Labute approximate surface area is 327 Å². The zero-order chi connectivity index (χ0) is 37.6. The predicted octanol–water partition coefficient (Wildman–Crippen LogP) is 15.2. The zero-order valence-electron chi connectivity index (χ0n) is 32.5. The number of benzene rings is 7. The van der Waals surface area contributed by atoms with E-state index in [4.69, 9.17) is 0 Å². The fraction of sp³-hybridized carbons (Fsp3) is 0.185. The van der Waals surface area contributed by atoms with Gasteiger partial charge in [0, 0.05) is 27.9 Å². The maximum atomic E-state index is 2.64. The van der Waals surface area contributed by atoms with E-state index in [1.54, 1.807) is 0 Å². The van der Waals surface area contributed by atoms with E-state index < -0.39 is 0 Å². The number of fused-ring (bicyclic) bond motifs is 6. The van der Waals surface area contributed by atoms with Crippen LogP contribution in [0.3, 0.4) is 0 Å². The van der Waals surface area contributed by atoms with Crippen molar-refractivity contribution in [2.24, 2.45) is 0 Å². The van der Waals surface area contributed by atoms with Crippen LogP contribution in [-0.4, -0.2) is 0 Å². The van der Waals surface area contributed by atoms with Crippen LogP contribution in [0, 0.1) is 0 Å². The molecule has 0 fully saturated rings. The van der Waals surface area contributed by atoms with E-state index in [0.29, 0.717) is 0 Å². The molecule has 0 heterocycles. The normalized spacial score (nSPS) is 14.3. The van der Waals surface area contributed by atoms with Crippen molar-refractivity contribution in [3.63, 3.8) is 0 Å². The molecule has 0 amide bonds. The molecule has 2 aliphatic rings. The van der Waals surface area contributed by atoms with Gasteiger partial charge in [0.15, 0.2) is 0 Å². The molecule has 55 heavy (non-hydrogen) atoms. The molecule has 2 aliphatic carbocycles. The largest absolute Gasteiger partial charge is 0.311 e. The molecule has 7 aromatic carbocycles. The van der Waals surface area contributed by atoms with Crippen LogP contribution in [0.15, 0.2) is 164 Å². The first-order valence-electron chi connectivity index (χ1n) is 20.3. The average Bonchev–Trinajstić information content (AvgIpc) is 3.69. The van der Waals surface area contributed by atoms with Gasteiger partial charge < -0.3 is 4.90 Å². The van der Waals surface area contributed by atoms with Gasteiger partial charge in [-0.2, -0.15) is 0 Å². The molecule has 0 radical (unpaired) electrons. The lowest BCUT2D eigenvalue weighted by Gasteiger charge is -2.33. The summed E-state index contributed by atoms with van der Waals surface area (Å²) in [5.74, 6) is 0. The molecule has 0 saturated carbocycles. The lowest BCUT2D eigenvalue weighted by Crippen LogP contribution is -2.26. The van der Waals surface area contributed by atoms with Crippen molar-refractivity contribution in [3.8, 4) is 33.4 Å². The van der Waals surface area contributed by atoms with Crippen molar-refractivity contribution < 1.29 is 0 Å². The summed E-state index contributed by atoms with van der Waals surface area (Å²) in [6, 6.07) is 60.6. The molecule has 0 bridgehead atoms. The number of anilines is 3. The van der Waals surface area contributed by atoms with Crippen LogP contribution >= 0.6 is 0 Å². The summed E-state index contributed by atoms with van der Waals surface area (Å²) in [4.78, 5) is 2.30. The highest BCUT2D eigenvalue weighted by Crippen LogP contribution is 2.59. The van der Waals surface area contributed by atoms with E-state index in [0.717, 1.165) is 42.7 Å².